The molecule has 2 N–H and O–H groups in total. The summed E-state index contributed by atoms with van der Waals surface area (Å²) in [5.74, 6) is 0.826. The average molecular weight is 253 g/mol. The minimum atomic E-state index is 0.273. The van der Waals surface area contributed by atoms with E-state index in [-0.39, 0.29) is 5.54 Å². The van der Waals surface area contributed by atoms with Crippen LogP contribution in [-0.4, -0.2) is 67.8 Å². The van der Waals surface area contributed by atoms with Crippen LogP contribution in [0.1, 0.15) is 25.7 Å². The van der Waals surface area contributed by atoms with Crippen LogP contribution in [0.3, 0.4) is 0 Å². The zero-order valence-corrected chi connectivity index (χ0v) is 11.6. The first-order valence-electron chi connectivity index (χ1n) is 7.49. The number of rotatable bonds is 3. The summed E-state index contributed by atoms with van der Waals surface area (Å²) in [4.78, 5) is 5.31. The summed E-state index contributed by atoms with van der Waals surface area (Å²) >= 11 is 0. The van der Waals surface area contributed by atoms with Gasteiger partial charge in [-0.15, -0.1) is 0 Å². The molecule has 4 fully saturated rings. The first-order chi connectivity index (χ1) is 8.78. The summed E-state index contributed by atoms with van der Waals surface area (Å²) < 4.78 is 5.49. The molecule has 2 bridgehead atoms. The molecule has 0 aromatic heterocycles. The van der Waals surface area contributed by atoms with Gasteiger partial charge in [0.2, 0.25) is 0 Å². The van der Waals surface area contributed by atoms with Crippen molar-refractivity contribution in [2.75, 3.05) is 46.4 Å². The van der Waals surface area contributed by atoms with Crippen molar-refractivity contribution >= 4 is 0 Å². The number of piperidine rings is 4. The van der Waals surface area contributed by atoms with Gasteiger partial charge in [0.15, 0.2) is 0 Å². The lowest BCUT2D eigenvalue weighted by atomic mass is 9.71. The van der Waals surface area contributed by atoms with Crippen molar-refractivity contribution in [1.29, 1.82) is 0 Å². The summed E-state index contributed by atoms with van der Waals surface area (Å²) in [5, 5.41) is 0. The third kappa shape index (κ3) is 1.99. The van der Waals surface area contributed by atoms with Crippen molar-refractivity contribution in [3.05, 3.63) is 0 Å². The first kappa shape index (κ1) is 12.9. The van der Waals surface area contributed by atoms with Gasteiger partial charge in [-0.2, -0.15) is 0 Å². The Labute approximate surface area is 110 Å². The highest BCUT2D eigenvalue weighted by molar-refractivity contribution is 5.06. The van der Waals surface area contributed by atoms with E-state index in [0.717, 1.165) is 12.5 Å². The molecule has 4 heteroatoms. The van der Waals surface area contributed by atoms with Gasteiger partial charge in [-0.05, 0) is 44.7 Å². The molecular formula is C14H27N3O. The summed E-state index contributed by atoms with van der Waals surface area (Å²) in [5.41, 5.74) is 6.50. The molecule has 0 aliphatic carbocycles. The van der Waals surface area contributed by atoms with Crippen LogP contribution in [0.15, 0.2) is 0 Å². The lowest BCUT2D eigenvalue weighted by Crippen LogP contribution is -2.71. The minimum Gasteiger partial charge on any atom is -0.381 e. The van der Waals surface area contributed by atoms with E-state index in [4.69, 9.17) is 10.5 Å². The Hall–Kier alpha value is -0.160. The molecule has 1 atom stereocenters. The van der Waals surface area contributed by atoms with Crippen LogP contribution in [0.2, 0.25) is 0 Å². The molecular weight excluding hydrogens is 226 g/mol. The predicted octanol–water partition coefficient (Wildman–Crippen LogP) is 0.520. The zero-order valence-electron chi connectivity index (χ0n) is 11.6. The van der Waals surface area contributed by atoms with E-state index in [1.807, 2.05) is 7.11 Å². The number of likely N-dealkylation sites (tertiary alicyclic amines) is 1. The number of hydrogen-bond donors (Lipinski definition) is 1. The van der Waals surface area contributed by atoms with Gasteiger partial charge in [0.25, 0.3) is 0 Å². The quantitative estimate of drug-likeness (QED) is 0.796. The molecule has 0 aromatic carbocycles. The highest BCUT2D eigenvalue weighted by atomic mass is 16.5. The van der Waals surface area contributed by atoms with Crippen LogP contribution in [0.5, 0.6) is 0 Å². The molecule has 4 aliphatic rings. The average Bonchev–Trinajstić information content (AvgIpc) is 2.48. The second-order valence-corrected chi connectivity index (χ2v) is 6.28. The Morgan fingerprint density at radius 3 is 2.22 bits per heavy atom. The number of nitrogens with two attached hydrogens (primary N) is 1. The van der Waals surface area contributed by atoms with Crippen molar-refractivity contribution in [2.24, 2.45) is 11.7 Å². The largest absolute Gasteiger partial charge is 0.381 e. The summed E-state index contributed by atoms with van der Waals surface area (Å²) in [6.07, 6.45) is 5.51. The van der Waals surface area contributed by atoms with E-state index in [2.05, 4.69) is 9.80 Å². The smallest absolute Gasteiger partial charge is 0.0595 e. The van der Waals surface area contributed by atoms with Crippen LogP contribution in [0.4, 0.5) is 0 Å². The van der Waals surface area contributed by atoms with E-state index >= 15 is 0 Å². The lowest BCUT2D eigenvalue weighted by molar-refractivity contribution is -0.0889. The second-order valence-electron chi connectivity index (χ2n) is 6.28. The maximum absolute atomic E-state index is 6.22. The molecule has 4 nitrogen and oxygen atoms in total. The van der Waals surface area contributed by atoms with Crippen LogP contribution in [0.25, 0.3) is 0 Å². The Kier molecular flexibility index (Phi) is 3.63. The highest BCUT2D eigenvalue weighted by Gasteiger charge is 2.49. The Morgan fingerprint density at radius 2 is 1.78 bits per heavy atom. The number of methoxy groups -OCH3 is 1. The molecule has 0 amide bonds. The maximum atomic E-state index is 6.22. The highest BCUT2D eigenvalue weighted by Crippen LogP contribution is 2.40. The van der Waals surface area contributed by atoms with Crippen molar-refractivity contribution < 1.29 is 4.74 Å². The molecule has 4 rings (SSSR count). The fourth-order valence-electron chi connectivity index (χ4n) is 4.40. The van der Waals surface area contributed by atoms with Crippen LogP contribution in [0, 0.1) is 5.92 Å². The van der Waals surface area contributed by atoms with E-state index in [0.29, 0.717) is 6.10 Å². The van der Waals surface area contributed by atoms with Crippen LogP contribution in [-0.2, 0) is 4.74 Å². The van der Waals surface area contributed by atoms with Gasteiger partial charge >= 0.3 is 0 Å². The fraction of sp³-hybridized carbons (Fsp3) is 1.00. The van der Waals surface area contributed by atoms with Gasteiger partial charge in [-0.1, -0.05) is 0 Å². The van der Waals surface area contributed by atoms with Gasteiger partial charge in [0, 0.05) is 38.8 Å². The van der Waals surface area contributed by atoms with Crippen LogP contribution < -0.4 is 5.73 Å². The van der Waals surface area contributed by atoms with Crippen molar-refractivity contribution in [2.45, 2.75) is 37.3 Å². The third-order valence-electron chi connectivity index (χ3n) is 5.60. The fourth-order valence-corrected chi connectivity index (χ4v) is 4.40. The molecule has 0 aromatic rings. The van der Waals surface area contributed by atoms with Gasteiger partial charge in [-0.25, -0.2) is 0 Å². The zero-order chi connectivity index (χ0) is 12.6. The summed E-state index contributed by atoms with van der Waals surface area (Å²) in [6.45, 7) is 6.94. The molecule has 1 unspecified atom stereocenters. The lowest BCUT2D eigenvalue weighted by Gasteiger charge is -2.59. The Bertz CT molecular complexity index is 283. The molecule has 4 saturated heterocycles. The van der Waals surface area contributed by atoms with E-state index in [9.17, 15) is 0 Å². The predicted molar refractivity (Wildman–Crippen MR) is 72.6 cm³/mol. The van der Waals surface area contributed by atoms with Gasteiger partial charge in [-0.3, -0.25) is 4.90 Å². The normalized spacial score (nSPS) is 42.3. The van der Waals surface area contributed by atoms with Gasteiger partial charge < -0.3 is 15.4 Å². The first-order valence-corrected chi connectivity index (χ1v) is 7.49. The monoisotopic (exact) mass is 253 g/mol. The SMILES string of the molecule is COC1CCN(C2(CN)CN3CCC2CC3)CC1. The molecule has 0 spiro atoms. The summed E-state index contributed by atoms with van der Waals surface area (Å²) in [6, 6.07) is 0. The summed E-state index contributed by atoms with van der Waals surface area (Å²) in [7, 11) is 1.84. The molecule has 18 heavy (non-hydrogen) atoms. The standard InChI is InChI=1S/C14H27N3O/c1-18-13-4-8-17(9-5-13)14(10-15)11-16-6-2-12(14)3-7-16/h12-13H,2-11,15H2,1H3. The Morgan fingerprint density at radius 1 is 1.11 bits per heavy atom. The maximum Gasteiger partial charge on any atom is 0.0595 e. The number of fused-ring (bicyclic) bond motifs is 3. The Balaban J connectivity index is 1.72. The molecule has 4 aliphatic heterocycles. The number of hydrogen-bond acceptors (Lipinski definition) is 4. The van der Waals surface area contributed by atoms with E-state index in [1.165, 1.54) is 58.4 Å². The van der Waals surface area contributed by atoms with E-state index < -0.39 is 0 Å². The number of nitrogens with zero attached hydrogens (tertiary/aromatic N) is 2. The van der Waals surface area contributed by atoms with Gasteiger partial charge in [0.05, 0.1) is 6.10 Å². The molecule has 0 saturated carbocycles. The van der Waals surface area contributed by atoms with Crippen molar-refractivity contribution in [3.8, 4) is 0 Å². The molecule has 104 valence electrons. The topological polar surface area (TPSA) is 41.7 Å². The van der Waals surface area contributed by atoms with Crippen molar-refractivity contribution in [1.82, 2.24) is 9.80 Å². The minimum absolute atomic E-state index is 0.273. The molecule has 4 heterocycles. The third-order valence-corrected chi connectivity index (χ3v) is 5.60. The number of ether oxygens (including phenoxy) is 1. The second kappa shape index (κ2) is 5.08. The van der Waals surface area contributed by atoms with E-state index in [1.54, 1.807) is 0 Å². The van der Waals surface area contributed by atoms with Crippen molar-refractivity contribution in [3.63, 3.8) is 0 Å². The molecule has 0 radical (unpaired) electrons. The van der Waals surface area contributed by atoms with Crippen LogP contribution >= 0.6 is 0 Å². The van der Waals surface area contributed by atoms with Gasteiger partial charge in [0.1, 0.15) is 0 Å².